The molecule has 1 aliphatic rings. The fourth-order valence-electron chi connectivity index (χ4n) is 2.24. The fourth-order valence-corrected chi connectivity index (χ4v) is 2.24. The van der Waals surface area contributed by atoms with Gasteiger partial charge in [-0.1, -0.05) is 6.58 Å². The summed E-state index contributed by atoms with van der Waals surface area (Å²) in [6.45, 7) is 5.84. The summed E-state index contributed by atoms with van der Waals surface area (Å²) in [6, 6.07) is 6.80. The molecule has 0 unspecified atom stereocenters. The quantitative estimate of drug-likeness (QED) is 0.482. The molecule has 2 atom stereocenters. The summed E-state index contributed by atoms with van der Waals surface area (Å²) in [5.74, 6) is 0.663. The van der Waals surface area contributed by atoms with E-state index in [1.165, 1.54) is 6.07 Å². The van der Waals surface area contributed by atoms with Crippen LogP contribution in [0.3, 0.4) is 0 Å². The zero-order valence-electron chi connectivity index (χ0n) is 10.8. The molecule has 98 valence electrons. The van der Waals surface area contributed by atoms with Crippen molar-refractivity contribution in [1.29, 1.82) is 0 Å². The minimum atomic E-state index is -0.371. The molecular weight excluding hydrogens is 244 g/mol. The first-order valence-electron chi connectivity index (χ1n) is 6.03. The van der Waals surface area contributed by atoms with Crippen LogP contribution in [0.15, 0.2) is 45.6 Å². The molecule has 1 aliphatic heterocycles. The molecule has 1 aromatic heterocycles. The molecule has 1 fully saturated rings. The molecule has 4 nitrogen and oxygen atoms in total. The lowest BCUT2D eigenvalue weighted by atomic mass is 10.0. The first-order valence-corrected chi connectivity index (χ1v) is 6.03. The molecule has 0 bridgehead atoms. The smallest absolute Gasteiger partial charge is 0.336 e. The van der Waals surface area contributed by atoms with Crippen molar-refractivity contribution in [1.82, 2.24) is 0 Å². The lowest BCUT2D eigenvalue weighted by Crippen LogP contribution is -1.98. The van der Waals surface area contributed by atoms with Crippen LogP contribution in [-0.4, -0.2) is 13.2 Å². The van der Waals surface area contributed by atoms with E-state index in [1.807, 2.05) is 13.0 Å². The van der Waals surface area contributed by atoms with Crippen LogP contribution in [0.25, 0.3) is 11.0 Å². The van der Waals surface area contributed by atoms with Crippen LogP contribution >= 0.6 is 0 Å². The Hall–Kier alpha value is -2.07. The van der Waals surface area contributed by atoms with Crippen LogP contribution in [0.2, 0.25) is 0 Å². The third-order valence-electron chi connectivity index (χ3n) is 3.26. The Bertz CT molecular complexity index is 714. The van der Waals surface area contributed by atoms with E-state index in [4.69, 9.17) is 13.9 Å². The van der Waals surface area contributed by atoms with Gasteiger partial charge in [-0.15, -0.1) is 0 Å². The Morgan fingerprint density at radius 3 is 2.79 bits per heavy atom. The first kappa shape index (κ1) is 12.0. The zero-order valence-corrected chi connectivity index (χ0v) is 10.8. The van der Waals surface area contributed by atoms with Crippen molar-refractivity contribution in [2.24, 2.45) is 0 Å². The Morgan fingerprint density at radius 1 is 1.37 bits per heavy atom. The highest BCUT2D eigenvalue weighted by atomic mass is 16.6. The SMILES string of the molecule is C=C(C)[C@@H]1O[C@H]1c1cc2ccc(=O)oc2cc1OC. The number of methoxy groups -OCH3 is 1. The highest BCUT2D eigenvalue weighted by molar-refractivity contribution is 5.79. The van der Waals surface area contributed by atoms with E-state index < -0.39 is 0 Å². The maximum absolute atomic E-state index is 11.2. The number of hydrogen-bond acceptors (Lipinski definition) is 4. The van der Waals surface area contributed by atoms with Gasteiger partial charge in [-0.25, -0.2) is 4.79 Å². The topological polar surface area (TPSA) is 52.0 Å². The Morgan fingerprint density at radius 2 is 2.16 bits per heavy atom. The summed E-state index contributed by atoms with van der Waals surface area (Å²) in [6.07, 6.45) is 0.0193. The molecular formula is C15H14O4. The molecule has 2 aromatic rings. The monoisotopic (exact) mass is 258 g/mol. The van der Waals surface area contributed by atoms with E-state index in [0.717, 1.165) is 16.5 Å². The van der Waals surface area contributed by atoms with Crippen LogP contribution in [0.1, 0.15) is 18.6 Å². The normalized spacial score (nSPS) is 21.4. The van der Waals surface area contributed by atoms with Crippen molar-refractivity contribution < 1.29 is 13.9 Å². The Kier molecular flexibility index (Phi) is 2.68. The summed E-state index contributed by atoms with van der Waals surface area (Å²) in [4.78, 5) is 11.2. The Balaban J connectivity index is 2.11. The largest absolute Gasteiger partial charge is 0.496 e. The van der Waals surface area contributed by atoms with Crippen molar-refractivity contribution in [3.8, 4) is 5.75 Å². The fraction of sp³-hybridized carbons (Fsp3) is 0.267. The van der Waals surface area contributed by atoms with E-state index in [9.17, 15) is 4.79 Å². The maximum Gasteiger partial charge on any atom is 0.336 e. The second-order valence-corrected chi connectivity index (χ2v) is 4.71. The highest BCUT2D eigenvalue weighted by Gasteiger charge is 2.42. The molecule has 1 aromatic carbocycles. The van der Waals surface area contributed by atoms with Crippen molar-refractivity contribution >= 4 is 11.0 Å². The van der Waals surface area contributed by atoms with E-state index >= 15 is 0 Å². The number of ether oxygens (including phenoxy) is 2. The average molecular weight is 258 g/mol. The van der Waals surface area contributed by atoms with Crippen molar-refractivity contribution in [2.75, 3.05) is 7.11 Å². The molecule has 0 amide bonds. The molecule has 0 aliphatic carbocycles. The van der Waals surface area contributed by atoms with Gasteiger partial charge >= 0.3 is 5.63 Å². The molecule has 0 radical (unpaired) electrons. The van der Waals surface area contributed by atoms with Crippen LogP contribution in [0, 0.1) is 0 Å². The number of rotatable bonds is 3. The van der Waals surface area contributed by atoms with Gasteiger partial charge in [0, 0.05) is 23.1 Å². The molecule has 3 rings (SSSR count). The second kappa shape index (κ2) is 4.24. The summed E-state index contributed by atoms with van der Waals surface area (Å²) in [5.41, 5.74) is 2.09. The summed E-state index contributed by atoms with van der Waals surface area (Å²) < 4.78 is 16.1. The minimum absolute atomic E-state index is 0.0243. The van der Waals surface area contributed by atoms with Gasteiger partial charge in [0.2, 0.25) is 0 Å². The molecule has 1 saturated heterocycles. The van der Waals surface area contributed by atoms with E-state index in [1.54, 1.807) is 19.2 Å². The number of benzene rings is 1. The summed E-state index contributed by atoms with van der Waals surface area (Å²) in [7, 11) is 1.59. The molecule has 0 saturated carbocycles. The highest BCUT2D eigenvalue weighted by Crippen LogP contribution is 2.46. The lowest BCUT2D eigenvalue weighted by molar-refractivity contribution is 0.371. The minimum Gasteiger partial charge on any atom is -0.496 e. The standard InChI is InChI=1S/C15H14O4/c1-8(2)14-15(19-14)10-6-9-4-5-13(16)18-11(9)7-12(10)17-3/h4-7,14-15H,1H2,2-3H3/t14-,15-/m0/s1. The van der Waals surface area contributed by atoms with Gasteiger partial charge in [0.25, 0.3) is 0 Å². The van der Waals surface area contributed by atoms with E-state index in [2.05, 4.69) is 6.58 Å². The maximum atomic E-state index is 11.2. The van der Waals surface area contributed by atoms with E-state index in [0.29, 0.717) is 11.3 Å². The molecule has 0 spiro atoms. The summed E-state index contributed by atoms with van der Waals surface area (Å²) >= 11 is 0. The summed E-state index contributed by atoms with van der Waals surface area (Å²) in [5, 5.41) is 0.853. The lowest BCUT2D eigenvalue weighted by Gasteiger charge is -2.07. The zero-order chi connectivity index (χ0) is 13.6. The van der Waals surface area contributed by atoms with Gasteiger partial charge in [0.15, 0.2) is 0 Å². The molecule has 4 heteroatoms. The second-order valence-electron chi connectivity index (χ2n) is 4.71. The molecule has 2 heterocycles. The van der Waals surface area contributed by atoms with Crippen LogP contribution < -0.4 is 10.4 Å². The molecule has 0 N–H and O–H groups in total. The van der Waals surface area contributed by atoms with E-state index in [-0.39, 0.29) is 17.8 Å². The van der Waals surface area contributed by atoms with Crippen LogP contribution in [0.5, 0.6) is 5.75 Å². The number of hydrogen-bond donors (Lipinski definition) is 0. The first-order chi connectivity index (χ1) is 9.10. The number of fused-ring (bicyclic) bond motifs is 1. The van der Waals surface area contributed by atoms with Gasteiger partial charge in [-0.2, -0.15) is 0 Å². The van der Waals surface area contributed by atoms with Crippen LogP contribution in [0.4, 0.5) is 0 Å². The van der Waals surface area contributed by atoms with Gasteiger partial charge in [-0.05, 0) is 24.6 Å². The van der Waals surface area contributed by atoms with Gasteiger partial charge in [-0.3, -0.25) is 0 Å². The van der Waals surface area contributed by atoms with Crippen molar-refractivity contribution in [2.45, 2.75) is 19.1 Å². The van der Waals surface area contributed by atoms with Crippen molar-refractivity contribution in [3.63, 3.8) is 0 Å². The predicted octanol–water partition coefficient (Wildman–Crippen LogP) is 2.82. The molecule has 19 heavy (non-hydrogen) atoms. The third kappa shape index (κ3) is 2.04. The third-order valence-corrected chi connectivity index (χ3v) is 3.26. The van der Waals surface area contributed by atoms with Crippen molar-refractivity contribution in [3.05, 3.63) is 52.4 Å². The van der Waals surface area contributed by atoms with Gasteiger partial charge in [0.1, 0.15) is 23.5 Å². The predicted molar refractivity (Wildman–Crippen MR) is 71.5 cm³/mol. The van der Waals surface area contributed by atoms with Crippen LogP contribution in [-0.2, 0) is 4.74 Å². The Labute approximate surface area is 110 Å². The number of epoxide rings is 1. The average Bonchev–Trinajstić information content (AvgIpc) is 3.17. The van der Waals surface area contributed by atoms with Gasteiger partial charge in [0.05, 0.1) is 7.11 Å². The van der Waals surface area contributed by atoms with Gasteiger partial charge < -0.3 is 13.9 Å².